The van der Waals surface area contributed by atoms with Crippen molar-refractivity contribution in [2.45, 2.75) is 102 Å². The van der Waals surface area contributed by atoms with E-state index in [0.29, 0.717) is 0 Å². The molecule has 0 aromatic rings. The van der Waals surface area contributed by atoms with E-state index in [1.807, 2.05) is 6.92 Å². The minimum atomic E-state index is -1.29. The van der Waals surface area contributed by atoms with Gasteiger partial charge in [0.1, 0.15) is 0 Å². The highest BCUT2D eigenvalue weighted by Crippen LogP contribution is 2.30. The third-order valence-corrected chi connectivity index (χ3v) is 5.14. The molecule has 0 aromatic carbocycles. The number of aliphatic hydroxyl groups is 2. The fourth-order valence-electron chi connectivity index (χ4n) is 3.38. The molecule has 1 saturated carbocycles. The molecule has 0 bridgehead atoms. The van der Waals surface area contributed by atoms with Crippen LogP contribution >= 0.6 is 0 Å². The first kappa shape index (κ1) is 17.9. The van der Waals surface area contributed by atoms with Gasteiger partial charge in [0.05, 0.1) is 0 Å². The quantitative estimate of drug-likeness (QED) is 0.677. The van der Waals surface area contributed by atoms with E-state index in [4.69, 9.17) is 5.73 Å². The van der Waals surface area contributed by atoms with Crippen molar-refractivity contribution in [1.29, 1.82) is 0 Å². The lowest BCUT2D eigenvalue weighted by Crippen LogP contribution is -2.50. The molecule has 1 atom stereocenters. The van der Waals surface area contributed by atoms with Crippen molar-refractivity contribution in [3.63, 3.8) is 0 Å². The van der Waals surface area contributed by atoms with Crippen molar-refractivity contribution in [3.05, 3.63) is 0 Å². The number of hydrogen-bond donors (Lipinski definition) is 3. The SMILES string of the molecule is CC(C(O)O)C1(N)CCCCCCCCCCCCC1. The Balaban J connectivity index is 2.51. The fourth-order valence-corrected chi connectivity index (χ4v) is 3.38. The largest absolute Gasteiger partial charge is 0.368 e. The van der Waals surface area contributed by atoms with E-state index in [0.717, 1.165) is 25.7 Å². The lowest BCUT2D eigenvalue weighted by Gasteiger charge is -2.37. The molecule has 0 saturated heterocycles. The van der Waals surface area contributed by atoms with Crippen molar-refractivity contribution in [1.82, 2.24) is 0 Å². The molecular formula is C17H35NO2. The molecule has 120 valence electrons. The molecule has 0 radical (unpaired) electrons. The van der Waals surface area contributed by atoms with Crippen molar-refractivity contribution >= 4 is 0 Å². The van der Waals surface area contributed by atoms with Crippen LogP contribution in [0.5, 0.6) is 0 Å². The topological polar surface area (TPSA) is 66.5 Å². The van der Waals surface area contributed by atoms with E-state index in [1.54, 1.807) is 0 Å². The molecule has 0 amide bonds. The Kier molecular flexibility index (Phi) is 8.74. The second kappa shape index (κ2) is 9.75. The molecule has 0 heterocycles. The molecular weight excluding hydrogens is 250 g/mol. The monoisotopic (exact) mass is 285 g/mol. The van der Waals surface area contributed by atoms with Crippen molar-refractivity contribution in [3.8, 4) is 0 Å². The van der Waals surface area contributed by atoms with Crippen molar-refractivity contribution < 1.29 is 10.2 Å². The smallest absolute Gasteiger partial charge is 0.155 e. The molecule has 1 unspecified atom stereocenters. The molecule has 1 fully saturated rings. The van der Waals surface area contributed by atoms with Gasteiger partial charge in [0.15, 0.2) is 6.29 Å². The van der Waals surface area contributed by atoms with Crippen LogP contribution in [0.25, 0.3) is 0 Å². The minimum Gasteiger partial charge on any atom is -0.368 e. The zero-order valence-electron chi connectivity index (χ0n) is 13.3. The standard InChI is InChI=1S/C17H35NO2/c1-15(16(19)20)17(18)13-11-9-7-5-3-2-4-6-8-10-12-14-17/h15-16,19-20H,2-14,18H2,1H3. The van der Waals surface area contributed by atoms with Crippen LogP contribution in [-0.2, 0) is 0 Å². The highest BCUT2D eigenvalue weighted by molar-refractivity contribution is 4.90. The molecule has 3 heteroatoms. The third-order valence-electron chi connectivity index (χ3n) is 5.14. The van der Waals surface area contributed by atoms with Gasteiger partial charge in [-0.05, 0) is 12.8 Å². The van der Waals surface area contributed by atoms with Crippen molar-refractivity contribution in [2.24, 2.45) is 11.7 Å². The van der Waals surface area contributed by atoms with Crippen LogP contribution < -0.4 is 5.73 Å². The van der Waals surface area contributed by atoms with Gasteiger partial charge in [-0.1, -0.05) is 77.6 Å². The number of rotatable bonds is 2. The van der Waals surface area contributed by atoms with Gasteiger partial charge in [-0.15, -0.1) is 0 Å². The highest BCUT2D eigenvalue weighted by atomic mass is 16.5. The Morgan fingerprint density at radius 1 is 0.700 bits per heavy atom. The predicted molar refractivity (Wildman–Crippen MR) is 84.3 cm³/mol. The summed E-state index contributed by atoms with van der Waals surface area (Å²) in [7, 11) is 0. The van der Waals surface area contributed by atoms with E-state index in [2.05, 4.69) is 0 Å². The second-order valence-corrected chi connectivity index (χ2v) is 6.82. The van der Waals surface area contributed by atoms with E-state index in [9.17, 15) is 10.2 Å². The summed E-state index contributed by atoms with van der Waals surface area (Å²) in [6.07, 6.45) is 14.7. The predicted octanol–water partition coefficient (Wildman–Crippen LogP) is 3.72. The molecule has 1 aliphatic rings. The summed E-state index contributed by atoms with van der Waals surface area (Å²) in [5.41, 5.74) is 6.13. The van der Waals surface area contributed by atoms with Gasteiger partial charge in [-0.25, -0.2) is 0 Å². The number of nitrogens with two attached hydrogens (primary N) is 1. The van der Waals surface area contributed by atoms with E-state index in [1.165, 1.54) is 57.8 Å². The Morgan fingerprint density at radius 2 is 1.00 bits per heavy atom. The molecule has 0 spiro atoms. The van der Waals surface area contributed by atoms with Crippen molar-refractivity contribution in [2.75, 3.05) is 0 Å². The molecule has 1 rings (SSSR count). The maximum absolute atomic E-state index is 9.48. The maximum Gasteiger partial charge on any atom is 0.155 e. The minimum absolute atomic E-state index is 0.240. The van der Waals surface area contributed by atoms with Crippen LogP contribution in [0.2, 0.25) is 0 Å². The van der Waals surface area contributed by atoms with Gasteiger partial charge in [0.2, 0.25) is 0 Å². The third kappa shape index (κ3) is 6.55. The number of hydrogen-bond acceptors (Lipinski definition) is 3. The first-order valence-electron chi connectivity index (χ1n) is 8.71. The van der Waals surface area contributed by atoms with Gasteiger partial charge >= 0.3 is 0 Å². The molecule has 1 aliphatic carbocycles. The Morgan fingerprint density at radius 3 is 1.30 bits per heavy atom. The summed E-state index contributed by atoms with van der Waals surface area (Å²) in [5, 5.41) is 19.0. The van der Waals surface area contributed by atoms with Gasteiger partial charge in [-0.3, -0.25) is 0 Å². The summed E-state index contributed by atoms with van der Waals surface area (Å²) in [6, 6.07) is 0. The van der Waals surface area contributed by atoms with Crippen LogP contribution in [0.3, 0.4) is 0 Å². The molecule has 3 nitrogen and oxygen atoms in total. The Bertz CT molecular complexity index is 229. The van der Waals surface area contributed by atoms with Gasteiger partial charge in [-0.2, -0.15) is 0 Å². The molecule has 4 N–H and O–H groups in total. The molecule has 0 aromatic heterocycles. The average Bonchev–Trinajstić information content (AvgIpc) is 2.42. The summed E-state index contributed by atoms with van der Waals surface area (Å²) in [5.74, 6) is -0.240. The van der Waals surface area contributed by atoms with Gasteiger partial charge in [0, 0.05) is 11.5 Å². The maximum atomic E-state index is 9.48. The van der Waals surface area contributed by atoms with Crippen LogP contribution in [0.1, 0.15) is 90.4 Å². The zero-order valence-corrected chi connectivity index (χ0v) is 13.3. The number of aliphatic hydroxyl groups excluding tert-OH is 1. The highest BCUT2D eigenvalue weighted by Gasteiger charge is 2.34. The lowest BCUT2D eigenvalue weighted by atomic mass is 9.77. The fraction of sp³-hybridized carbons (Fsp3) is 1.00. The van der Waals surface area contributed by atoms with Gasteiger partial charge in [0.25, 0.3) is 0 Å². The molecule has 0 aliphatic heterocycles. The van der Waals surface area contributed by atoms with Gasteiger partial charge < -0.3 is 15.9 Å². The normalized spacial score (nSPS) is 25.1. The van der Waals surface area contributed by atoms with E-state index in [-0.39, 0.29) is 5.92 Å². The molecule has 20 heavy (non-hydrogen) atoms. The Hall–Kier alpha value is -0.120. The average molecular weight is 285 g/mol. The Labute approximate surface area is 125 Å². The van der Waals surface area contributed by atoms with E-state index >= 15 is 0 Å². The first-order valence-corrected chi connectivity index (χ1v) is 8.71. The van der Waals surface area contributed by atoms with E-state index < -0.39 is 11.8 Å². The van der Waals surface area contributed by atoms with Crippen LogP contribution in [0.4, 0.5) is 0 Å². The zero-order chi connectivity index (χ0) is 14.8. The lowest BCUT2D eigenvalue weighted by molar-refractivity contribution is -0.102. The van der Waals surface area contributed by atoms with Crippen LogP contribution in [0.15, 0.2) is 0 Å². The summed E-state index contributed by atoms with van der Waals surface area (Å²) in [6.45, 7) is 1.88. The van der Waals surface area contributed by atoms with Crippen LogP contribution in [-0.4, -0.2) is 22.0 Å². The summed E-state index contributed by atoms with van der Waals surface area (Å²) < 4.78 is 0. The summed E-state index contributed by atoms with van der Waals surface area (Å²) >= 11 is 0. The summed E-state index contributed by atoms with van der Waals surface area (Å²) in [4.78, 5) is 0. The first-order chi connectivity index (χ1) is 9.56. The van der Waals surface area contributed by atoms with Crippen LogP contribution in [0, 0.1) is 5.92 Å². The second-order valence-electron chi connectivity index (χ2n) is 6.82.